The highest BCUT2D eigenvalue weighted by atomic mass is 32.2. The maximum absolute atomic E-state index is 9.28. The van der Waals surface area contributed by atoms with Gasteiger partial charge in [0.25, 0.3) is 0 Å². The van der Waals surface area contributed by atoms with E-state index in [1.807, 2.05) is 48.0 Å². The molecule has 0 bridgehead atoms. The van der Waals surface area contributed by atoms with Gasteiger partial charge >= 0.3 is 0 Å². The molecule has 136 valence electrons. The molecule has 2 aromatic heterocycles. The minimum Gasteiger partial charge on any atom is -0.305 e. The second-order valence-electron chi connectivity index (χ2n) is 6.25. The van der Waals surface area contributed by atoms with Crippen LogP contribution in [0, 0.1) is 11.3 Å². The summed E-state index contributed by atoms with van der Waals surface area (Å²) in [6.45, 7) is 0. The number of aromatic nitrogens is 4. The molecule has 0 N–H and O–H groups in total. The van der Waals surface area contributed by atoms with Crippen LogP contribution in [-0.4, -0.2) is 19.7 Å². The lowest BCUT2D eigenvalue weighted by molar-refractivity contribution is 0.793. The van der Waals surface area contributed by atoms with Gasteiger partial charge in [-0.2, -0.15) is 5.26 Å². The first-order valence-electron chi connectivity index (χ1n) is 8.77. The molecule has 0 radical (unpaired) electrons. The summed E-state index contributed by atoms with van der Waals surface area (Å²) in [5.74, 6) is 1.60. The van der Waals surface area contributed by atoms with Gasteiger partial charge in [0.15, 0.2) is 11.0 Å². The number of benzene rings is 2. The van der Waals surface area contributed by atoms with Crippen molar-refractivity contribution in [1.29, 1.82) is 5.26 Å². The highest BCUT2D eigenvalue weighted by Crippen LogP contribution is 2.27. The first-order valence-corrected chi connectivity index (χ1v) is 9.76. The van der Waals surface area contributed by atoms with Gasteiger partial charge in [0.1, 0.15) is 0 Å². The third kappa shape index (κ3) is 3.66. The lowest BCUT2D eigenvalue weighted by atomic mass is 10.00. The smallest absolute Gasteiger partial charge is 0.191 e. The van der Waals surface area contributed by atoms with Crippen molar-refractivity contribution in [3.05, 3.63) is 84.2 Å². The van der Waals surface area contributed by atoms with E-state index in [2.05, 4.69) is 45.5 Å². The average molecular weight is 383 g/mol. The first-order chi connectivity index (χ1) is 13.8. The van der Waals surface area contributed by atoms with Crippen LogP contribution in [0.1, 0.15) is 11.1 Å². The van der Waals surface area contributed by atoms with E-state index in [0.29, 0.717) is 5.56 Å². The zero-order valence-corrected chi connectivity index (χ0v) is 16.1. The summed E-state index contributed by atoms with van der Waals surface area (Å²) in [4.78, 5) is 4.14. The molecule has 0 aliphatic heterocycles. The van der Waals surface area contributed by atoms with E-state index < -0.39 is 0 Å². The van der Waals surface area contributed by atoms with E-state index in [1.165, 1.54) is 5.56 Å². The van der Waals surface area contributed by atoms with Crippen LogP contribution in [0.2, 0.25) is 0 Å². The highest BCUT2D eigenvalue weighted by Gasteiger charge is 2.11. The lowest BCUT2D eigenvalue weighted by Crippen LogP contribution is -1.95. The van der Waals surface area contributed by atoms with Gasteiger partial charge in [0.2, 0.25) is 0 Å². The van der Waals surface area contributed by atoms with Crippen molar-refractivity contribution < 1.29 is 0 Å². The van der Waals surface area contributed by atoms with Crippen LogP contribution in [0.5, 0.6) is 0 Å². The molecule has 0 atom stereocenters. The molecule has 5 nitrogen and oxygen atoms in total. The number of thioether (sulfide) groups is 1. The number of hydrogen-bond acceptors (Lipinski definition) is 5. The van der Waals surface area contributed by atoms with Crippen molar-refractivity contribution >= 4 is 11.8 Å². The van der Waals surface area contributed by atoms with Gasteiger partial charge < -0.3 is 4.57 Å². The number of nitriles is 1. The third-order valence-corrected chi connectivity index (χ3v) is 5.53. The summed E-state index contributed by atoms with van der Waals surface area (Å²) >= 11 is 1.64. The standard InChI is InChI=1S/C22H17N5S/c1-27-21(19-6-4-12-24-14-19)25-26-22(27)28-15-16-8-10-17(11-9-16)20-7-3-2-5-18(20)13-23/h2-12,14H,15H2,1H3. The van der Waals surface area contributed by atoms with E-state index in [4.69, 9.17) is 0 Å². The van der Waals surface area contributed by atoms with E-state index >= 15 is 0 Å². The van der Waals surface area contributed by atoms with Crippen molar-refractivity contribution in [2.45, 2.75) is 10.9 Å². The topological polar surface area (TPSA) is 67.4 Å². The molecule has 4 rings (SSSR count). The number of nitrogens with zero attached hydrogens (tertiary/aromatic N) is 5. The predicted octanol–water partition coefficient (Wildman–Crippen LogP) is 4.71. The van der Waals surface area contributed by atoms with Crippen LogP contribution in [-0.2, 0) is 12.8 Å². The molecule has 2 aromatic carbocycles. The summed E-state index contributed by atoms with van der Waals surface area (Å²) in [6.07, 6.45) is 3.53. The highest BCUT2D eigenvalue weighted by molar-refractivity contribution is 7.98. The van der Waals surface area contributed by atoms with Crippen LogP contribution in [0.25, 0.3) is 22.5 Å². The molecule has 0 spiro atoms. The van der Waals surface area contributed by atoms with Gasteiger partial charge in [-0.05, 0) is 34.9 Å². The molecule has 2 heterocycles. The number of rotatable bonds is 5. The van der Waals surface area contributed by atoms with Crippen molar-refractivity contribution in [3.8, 4) is 28.6 Å². The maximum atomic E-state index is 9.28. The van der Waals surface area contributed by atoms with Crippen LogP contribution in [0.3, 0.4) is 0 Å². The summed E-state index contributed by atoms with van der Waals surface area (Å²) in [7, 11) is 1.96. The van der Waals surface area contributed by atoms with E-state index in [1.54, 1.807) is 24.2 Å². The Kier molecular flexibility index (Phi) is 5.18. The Hall–Kier alpha value is -3.43. The van der Waals surface area contributed by atoms with E-state index in [9.17, 15) is 5.26 Å². The molecular weight excluding hydrogens is 366 g/mol. The molecule has 0 amide bonds. The fourth-order valence-electron chi connectivity index (χ4n) is 2.95. The van der Waals surface area contributed by atoms with Crippen LogP contribution < -0.4 is 0 Å². The zero-order chi connectivity index (χ0) is 19.3. The van der Waals surface area contributed by atoms with Gasteiger partial charge in [-0.15, -0.1) is 10.2 Å². The Labute approximate surface area is 167 Å². The predicted molar refractivity (Wildman–Crippen MR) is 110 cm³/mol. The maximum Gasteiger partial charge on any atom is 0.191 e. The Morgan fingerprint density at radius 2 is 1.79 bits per heavy atom. The van der Waals surface area contributed by atoms with Crippen molar-refractivity contribution in [1.82, 2.24) is 19.7 Å². The van der Waals surface area contributed by atoms with Crippen molar-refractivity contribution in [2.75, 3.05) is 0 Å². The molecule has 28 heavy (non-hydrogen) atoms. The number of pyridine rings is 1. The molecular formula is C22H17N5S. The Balaban J connectivity index is 1.48. The monoisotopic (exact) mass is 383 g/mol. The van der Waals surface area contributed by atoms with E-state index in [-0.39, 0.29) is 0 Å². The minimum absolute atomic E-state index is 0.687. The Morgan fingerprint density at radius 1 is 0.964 bits per heavy atom. The summed E-state index contributed by atoms with van der Waals surface area (Å²) in [6, 6.07) is 22.1. The van der Waals surface area contributed by atoms with Gasteiger partial charge in [0, 0.05) is 30.8 Å². The molecule has 0 fully saturated rings. The quantitative estimate of drug-likeness (QED) is 0.467. The minimum atomic E-state index is 0.687. The Morgan fingerprint density at radius 3 is 2.54 bits per heavy atom. The van der Waals surface area contributed by atoms with Crippen LogP contribution in [0.15, 0.2) is 78.2 Å². The molecule has 0 aliphatic carbocycles. The molecule has 0 saturated carbocycles. The molecule has 0 aliphatic rings. The van der Waals surface area contributed by atoms with E-state index in [0.717, 1.165) is 33.4 Å². The largest absolute Gasteiger partial charge is 0.305 e. The molecule has 6 heteroatoms. The number of hydrogen-bond donors (Lipinski definition) is 0. The average Bonchev–Trinajstić information content (AvgIpc) is 3.13. The van der Waals surface area contributed by atoms with Gasteiger partial charge in [-0.25, -0.2) is 0 Å². The fourth-order valence-corrected chi connectivity index (χ4v) is 3.81. The second-order valence-corrected chi connectivity index (χ2v) is 7.19. The van der Waals surface area contributed by atoms with Gasteiger partial charge in [-0.3, -0.25) is 4.98 Å². The summed E-state index contributed by atoms with van der Waals surface area (Å²) < 4.78 is 1.99. The normalized spacial score (nSPS) is 10.6. The van der Waals surface area contributed by atoms with Crippen molar-refractivity contribution in [3.63, 3.8) is 0 Å². The molecule has 0 unspecified atom stereocenters. The molecule has 4 aromatic rings. The van der Waals surface area contributed by atoms with Crippen molar-refractivity contribution in [2.24, 2.45) is 7.05 Å². The van der Waals surface area contributed by atoms with Gasteiger partial charge in [0.05, 0.1) is 11.6 Å². The third-order valence-electron chi connectivity index (χ3n) is 4.44. The summed E-state index contributed by atoms with van der Waals surface area (Å²) in [5, 5.41) is 18.7. The van der Waals surface area contributed by atoms with Crippen LogP contribution in [0.4, 0.5) is 0 Å². The fraction of sp³-hybridized carbons (Fsp3) is 0.0909. The first kappa shape index (κ1) is 18.0. The van der Waals surface area contributed by atoms with Gasteiger partial charge in [-0.1, -0.05) is 54.2 Å². The molecule has 0 saturated heterocycles. The van der Waals surface area contributed by atoms with Crippen LogP contribution >= 0.6 is 11.8 Å². The lowest BCUT2D eigenvalue weighted by Gasteiger charge is -2.06. The Bertz CT molecular complexity index is 1130. The zero-order valence-electron chi connectivity index (χ0n) is 15.3. The SMILES string of the molecule is Cn1c(SCc2ccc(-c3ccccc3C#N)cc2)nnc1-c1cccnc1. The summed E-state index contributed by atoms with van der Waals surface area (Å²) in [5.41, 5.74) is 4.83. The second kappa shape index (κ2) is 8.07.